The lowest BCUT2D eigenvalue weighted by molar-refractivity contribution is 0.598. The van der Waals surface area contributed by atoms with Crippen molar-refractivity contribution in [3.05, 3.63) is 47.7 Å². The molecule has 21 heavy (non-hydrogen) atoms. The molecule has 2 rings (SSSR count). The van der Waals surface area contributed by atoms with Crippen LogP contribution in [0.3, 0.4) is 0 Å². The molecule has 0 aliphatic carbocycles. The van der Waals surface area contributed by atoms with Crippen LogP contribution < -0.4 is 10.0 Å². The Morgan fingerprint density at radius 3 is 2.57 bits per heavy atom. The molecule has 0 amide bonds. The van der Waals surface area contributed by atoms with E-state index >= 15 is 0 Å². The van der Waals surface area contributed by atoms with Crippen LogP contribution in [0.1, 0.15) is 18.1 Å². The summed E-state index contributed by atoms with van der Waals surface area (Å²) < 4.78 is 27.5. The summed E-state index contributed by atoms with van der Waals surface area (Å²) in [6.45, 7) is 6.45. The van der Waals surface area contributed by atoms with Gasteiger partial charge >= 0.3 is 0 Å². The first-order valence-electron chi connectivity index (χ1n) is 6.73. The van der Waals surface area contributed by atoms with Crippen molar-refractivity contribution < 1.29 is 8.42 Å². The van der Waals surface area contributed by atoms with E-state index in [2.05, 4.69) is 15.0 Å². The van der Waals surface area contributed by atoms with Crippen molar-refractivity contribution in [3.8, 4) is 0 Å². The predicted octanol–water partition coefficient (Wildman–Crippen LogP) is 2.93. The van der Waals surface area contributed by atoms with Crippen molar-refractivity contribution in [1.82, 2.24) is 4.98 Å². The third-order valence-electron chi connectivity index (χ3n) is 3.15. The zero-order chi connectivity index (χ0) is 15.5. The summed E-state index contributed by atoms with van der Waals surface area (Å²) in [5, 5.41) is 3.01. The number of nitrogens with one attached hydrogen (secondary N) is 2. The molecule has 0 radical (unpaired) electrons. The van der Waals surface area contributed by atoms with Gasteiger partial charge in [-0.15, -0.1) is 0 Å². The van der Waals surface area contributed by atoms with Crippen molar-refractivity contribution in [1.29, 1.82) is 0 Å². The van der Waals surface area contributed by atoms with Crippen molar-refractivity contribution in [2.24, 2.45) is 0 Å². The Balaban J connectivity index is 2.36. The number of nitrogens with zero attached hydrogens (tertiary/aromatic N) is 1. The number of aryl methyl sites for hydroxylation is 2. The number of benzene rings is 1. The standard InChI is InChI=1S/C15H19N3O2S/c1-4-16-14-6-5-9-17-15(14)21(19,20)18-13-8-7-11(2)12(3)10-13/h5-10,16,18H,4H2,1-3H3. The molecule has 0 aliphatic rings. The van der Waals surface area contributed by atoms with Crippen LogP contribution >= 0.6 is 0 Å². The smallest absolute Gasteiger partial charge is 0.281 e. The highest BCUT2D eigenvalue weighted by Crippen LogP contribution is 2.22. The van der Waals surface area contributed by atoms with Gasteiger partial charge in [0, 0.05) is 18.4 Å². The Morgan fingerprint density at radius 2 is 1.90 bits per heavy atom. The number of rotatable bonds is 5. The number of hydrogen-bond acceptors (Lipinski definition) is 4. The summed E-state index contributed by atoms with van der Waals surface area (Å²) in [6.07, 6.45) is 1.47. The minimum absolute atomic E-state index is 0.00470. The maximum absolute atomic E-state index is 12.5. The lowest BCUT2D eigenvalue weighted by Crippen LogP contribution is -2.17. The Kier molecular flexibility index (Phi) is 4.47. The topological polar surface area (TPSA) is 71.1 Å². The number of pyridine rings is 1. The molecule has 0 unspecified atom stereocenters. The van der Waals surface area contributed by atoms with E-state index in [9.17, 15) is 8.42 Å². The summed E-state index contributed by atoms with van der Waals surface area (Å²) in [5.74, 6) is 0. The van der Waals surface area contributed by atoms with E-state index < -0.39 is 10.0 Å². The highest BCUT2D eigenvalue weighted by molar-refractivity contribution is 7.92. The molecule has 1 aromatic carbocycles. The van der Waals surface area contributed by atoms with Crippen LogP contribution in [0.4, 0.5) is 11.4 Å². The quantitative estimate of drug-likeness (QED) is 0.891. The monoisotopic (exact) mass is 305 g/mol. The van der Waals surface area contributed by atoms with Gasteiger partial charge in [0.05, 0.1) is 5.69 Å². The number of aromatic nitrogens is 1. The SMILES string of the molecule is CCNc1cccnc1S(=O)(=O)Nc1ccc(C)c(C)c1. The molecule has 6 heteroatoms. The average molecular weight is 305 g/mol. The maximum Gasteiger partial charge on any atom is 0.281 e. The molecule has 112 valence electrons. The van der Waals surface area contributed by atoms with E-state index in [4.69, 9.17) is 0 Å². The number of sulfonamides is 1. The molecule has 0 bridgehead atoms. The second-order valence-corrected chi connectivity index (χ2v) is 6.39. The first-order valence-corrected chi connectivity index (χ1v) is 8.21. The molecular formula is C15H19N3O2S. The van der Waals surface area contributed by atoms with Gasteiger partial charge < -0.3 is 5.32 Å². The van der Waals surface area contributed by atoms with Crippen molar-refractivity contribution >= 4 is 21.4 Å². The Labute approximate surface area is 125 Å². The molecule has 0 fully saturated rings. The average Bonchev–Trinajstić information content (AvgIpc) is 2.43. The van der Waals surface area contributed by atoms with E-state index in [1.807, 2.05) is 32.9 Å². The van der Waals surface area contributed by atoms with Gasteiger partial charge in [-0.25, -0.2) is 4.98 Å². The summed E-state index contributed by atoms with van der Waals surface area (Å²) in [6, 6.07) is 8.84. The zero-order valence-electron chi connectivity index (χ0n) is 12.3. The number of anilines is 2. The zero-order valence-corrected chi connectivity index (χ0v) is 13.2. The van der Waals surface area contributed by atoms with Crippen LogP contribution in [0, 0.1) is 13.8 Å². The molecule has 0 atom stereocenters. The minimum Gasteiger partial charge on any atom is -0.383 e. The van der Waals surface area contributed by atoms with E-state index in [-0.39, 0.29) is 5.03 Å². The predicted molar refractivity (Wildman–Crippen MR) is 85.1 cm³/mol. The number of hydrogen-bond donors (Lipinski definition) is 2. The first-order chi connectivity index (χ1) is 9.94. The Bertz CT molecular complexity index is 742. The van der Waals surface area contributed by atoms with Crippen molar-refractivity contribution in [2.45, 2.75) is 25.8 Å². The molecule has 2 N–H and O–H groups in total. The van der Waals surface area contributed by atoms with E-state index in [1.54, 1.807) is 18.2 Å². The second-order valence-electron chi connectivity index (χ2n) is 4.79. The van der Waals surface area contributed by atoms with Gasteiger partial charge in [-0.2, -0.15) is 8.42 Å². The van der Waals surface area contributed by atoms with Crippen LogP contribution in [0.15, 0.2) is 41.6 Å². The van der Waals surface area contributed by atoms with Crippen LogP contribution in [0.2, 0.25) is 0 Å². The van der Waals surface area contributed by atoms with Crippen LogP contribution in [0.5, 0.6) is 0 Å². The van der Waals surface area contributed by atoms with Gasteiger partial charge in [0.1, 0.15) is 0 Å². The molecule has 0 saturated heterocycles. The Hall–Kier alpha value is -2.08. The van der Waals surface area contributed by atoms with Gasteiger partial charge in [0.25, 0.3) is 10.0 Å². The molecule has 1 aromatic heterocycles. The lowest BCUT2D eigenvalue weighted by atomic mass is 10.1. The van der Waals surface area contributed by atoms with Gasteiger partial charge in [-0.1, -0.05) is 6.07 Å². The van der Waals surface area contributed by atoms with Gasteiger partial charge in [-0.05, 0) is 56.2 Å². The van der Waals surface area contributed by atoms with Crippen molar-refractivity contribution in [3.63, 3.8) is 0 Å². The molecule has 2 aromatic rings. The minimum atomic E-state index is -3.72. The maximum atomic E-state index is 12.5. The van der Waals surface area contributed by atoms with Gasteiger partial charge in [-0.3, -0.25) is 4.72 Å². The fourth-order valence-corrected chi connectivity index (χ4v) is 3.10. The highest BCUT2D eigenvalue weighted by Gasteiger charge is 2.20. The van der Waals surface area contributed by atoms with Crippen LogP contribution in [-0.2, 0) is 10.0 Å². The summed E-state index contributed by atoms with van der Waals surface area (Å²) in [5.41, 5.74) is 3.18. The Morgan fingerprint density at radius 1 is 1.14 bits per heavy atom. The molecule has 1 heterocycles. The summed E-state index contributed by atoms with van der Waals surface area (Å²) >= 11 is 0. The first kappa shape index (κ1) is 15.3. The fraction of sp³-hybridized carbons (Fsp3) is 0.267. The van der Waals surface area contributed by atoms with Gasteiger partial charge in [0.15, 0.2) is 5.03 Å². The van der Waals surface area contributed by atoms with E-state index in [0.29, 0.717) is 17.9 Å². The third-order valence-corrected chi connectivity index (χ3v) is 4.49. The van der Waals surface area contributed by atoms with Crippen molar-refractivity contribution in [2.75, 3.05) is 16.6 Å². The fourth-order valence-electron chi connectivity index (χ4n) is 1.94. The molecule has 0 saturated carbocycles. The second kappa shape index (κ2) is 6.13. The van der Waals surface area contributed by atoms with E-state index in [0.717, 1.165) is 11.1 Å². The molecule has 0 aliphatic heterocycles. The van der Waals surface area contributed by atoms with Crippen LogP contribution in [-0.4, -0.2) is 19.9 Å². The molecule has 5 nitrogen and oxygen atoms in total. The summed E-state index contributed by atoms with van der Waals surface area (Å²) in [7, 11) is -3.72. The largest absolute Gasteiger partial charge is 0.383 e. The van der Waals surface area contributed by atoms with E-state index in [1.165, 1.54) is 6.20 Å². The van der Waals surface area contributed by atoms with Gasteiger partial charge in [0.2, 0.25) is 0 Å². The third kappa shape index (κ3) is 3.52. The lowest BCUT2D eigenvalue weighted by Gasteiger charge is -2.12. The van der Waals surface area contributed by atoms with Crippen LogP contribution in [0.25, 0.3) is 0 Å². The molecular weight excluding hydrogens is 286 g/mol. The summed E-state index contributed by atoms with van der Waals surface area (Å²) in [4.78, 5) is 3.99. The highest BCUT2D eigenvalue weighted by atomic mass is 32.2. The normalized spacial score (nSPS) is 11.2. The molecule has 0 spiro atoms.